The minimum atomic E-state index is -1.50. The SMILES string of the molecule is O=[N+]([O-])O.O=[N+][O-]. The molecule has 7 heavy (non-hydrogen) atoms. The van der Waals surface area contributed by atoms with Crippen molar-refractivity contribution in [1.82, 2.24) is 5.34 Å². The van der Waals surface area contributed by atoms with E-state index < -0.39 is 5.09 Å². The van der Waals surface area contributed by atoms with E-state index in [9.17, 15) is 0 Å². The largest absolute Gasteiger partial charge is 0.387 e. The molecule has 0 aliphatic heterocycles. The molecular weight excluding hydrogens is 108 g/mol. The Balaban J connectivity index is 0. The van der Waals surface area contributed by atoms with Gasteiger partial charge in [-0.15, -0.1) is 10.1 Å². The van der Waals surface area contributed by atoms with E-state index in [1.165, 1.54) is 0 Å². The van der Waals surface area contributed by atoms with Crippen molar-refractivity contribution < 1.29 is 10.3 Å². The van der Waals surface area contributed by atoms with E-state index in [0.29, 0.717) is 0 Å². The number of nitrogens with zero attached hydrogens (tertiary/aromatic N) is 2. The molecule has 41 valence electrons. The van der Waals surface area contributed by atoms with Crippen LogP contribution in [0, 0.1) is 20.2 Å². The zero-order chi connectivity index (χ0) is 6.28. The van der Waals surface area contributed by atoms with Crippen LogP contribution in [0.15, 0.2) is 0 Å². The fourth-order valence-corrected chi connectivity index (χ4v) is 0. The Labute approximate surface area is 37.2 Å². The summed E-state index contributed by atoms with van der Waals surface area (Å²) in [7, 11) is 0. The third kappa shape index (κ3) is 15.9. The fraction of sp³-hybridized carbons (Fsp3) is 0. The van der Waals surface area contributed by atoms with Crippen molar-refractivity contribution in [2.24, 2.45) is 0 Å². The van der Waals surface area contributed by atoms with Crippen molar-refractivity contribution in [3.05, 3.63) is 20.2 Å². The van der Waals surface area contributed by atoms with E-state index >= 15 is 0 Å². The molecule has 0 aromatic carbocycles. The molecular formula is HN2O5. The summed E-state index contributed by atoms with van der Waals surface area (Å²) in [5, 5.41) is 22.6. The molecule has 0 aromatic heterocycles. The van der Waals surface area contributed by atoms with Crippen LogP contribution in [0.2, 0.25) is 0 Å². The maximum Gasteiger partial charge on any atom is 0.387 e. The van der Waals surface area contributed by atoms with Crippen LogP contribution in [-0.2, 0) is 0 Å². The van der Waals surface area contributed by atoms with Gasteiger partial charge in [-0.25, -0.2) is 0 Å². The first-order valence-corrected chi connectivity index (χ1v) is 0.930. The molecule has 7 nitrogen and oxygen atoms in total. The average Bonchev–Trinajstić information content (AvgIpc) is 1.33. The highest BCUT2D eigenvalue weighted by atomic mass is 16.9. The molecule has 0 heterocycles. The lowest BCUT2D eigenvalue weighted by Crippen LogP contribution is -1.81. The molecule has 0 aliphatic carbocycles. The molecule has 1 N–H and O–H groups in total. The minimum Gasteiger partial charge on any atom is -0.328 e. The summed E-state index contributed by atoms with van der Waals surface area (Å²) in [5.74, 6) is 0. The Morgan fingerprint density at radius 2 is 1.71 bits per heavy atom. The van der Waals surface area contributed by atoms with Gasteiger partial charge in [-0.2, -0.15) is 10.1 Å². The first-order chi connectivity index (χ1) is 3.15. The average molecular weight is 109 g/mol. The fourth-order valence-electron chi connectivity index (χ4n) is 0. The van der Waals surface area contributed by atoms with E-state index in [-0.39, 0.29) is 0 Å². The number of rotatable bonds is 0. The third-order valence-corrected chi connectivity index (χ3v) is 0. The smallest absolute Gasteiger partial charge is 0.328 e. The van der Waals surface area contributed by atoms with Crippen LogP contribution < -0.4 is 5.34 Å². The van der Waals surface area contributed by atoms with Crippen LogP contribution in [0.4, 0.5) is 0 Å². The van der Waals surface area contributed by atoms with Crippen molar-refractivity contribution in [3.63, 3.8) is 0 Å². The summed E-state index contributed by atoms with van der Waals surface area (Å²) in [6.07, 6.45) is 0. The molecule has 0 saturated heterocycles. The molecule has 0 aliphatic rings. The van der Waals surface area contributed by atoms with Gasteiger partial charge in [-0.3, -0.25) is 0 Å². The molecule has 0 aromatic rings. The molecule has 0 saturated carbocycles. The molecule has 0 amide bonds. The molecule has 0 unspecified atom stereocenters. The van der Waals surface area contributed by atoms with Gasteiger partial charge >= 0.3 is 5.34 Å². The van der Waals surface area contributed by atoms with Gasteiger partial charge in [-0.05, 0) is 0 Å². The highest BCUT2D eigenvalue weighted by Crippen LogP contribution is 1.38. The number of hydrogen-bond donors (Lipinski definition) is 1. The van der Waals surface area contributed by atoms with Crippen LogP contribution in [-0.4, -0.2) is 10.3 Å². The molecule has 0 rings (SSSR count). The Morgan fingerprint density at radius 3 is 1.71 bits per heavy atom. The highest BCUT2D eigenvalue weighted by molar-refractivity contribution is 4.12. The number of hydrogen-bond acceptors (Lipinski definition) is 5. The van der Waals surface area contributed by atoms with Crippen LogP contribution >= 0.6 is 0 Å². The predicted octanol–water partition coefficient (Wildman–Crippen LogP) is -0.761. The zero-order valence-corrected chi connectivity index (χ0v) is 2.97. The summed E-state index contributed by atoms with van der Waals surface area (Å²) in [6.45, 7) is 0. The predicted molar refractivity (Wildman–Crippen MR) is 17.6 cm³/mol. The van der Waals surface area contributed by atoms with Gasteiger partial charge in [0.15, 0.2) is 0 Å². The van der Waals surface area contributed by atoms with Crippen molar-refractivity contribution in [3.8, 4) is 0 Å². The van der Waals surface area contributed by atoms with Crippen LogP contribution in [0.1, 0.15) is 0 Å². The van der Waals surface area contributed by atoms with E-state index in [1.807, 2.05) is 0 Å². The zero-order valence-electron chi connectivity index (χ0n) is 2.97. The van der Waals surface area contributed by atoms with Gasteiger partial charge in [0, 0.05) is 0 Å². The van der Waals surface area contributed by atoms with E-state index in [2.05, 4.69) is 0 Å². The normalized spacial score (nSPS) is 5.14. The van der Waals surface area contributed by atoms with Crippen LogP contribution in [0.3, 0.4) is 0 Å². The highest BCUT2D eigenvalue weighted by Gasteiger charge is 1.65. The lowest BCUT2D eigenvalue weighted by molar-refractivity contribution is -0.742. The first kappa shape index (κ1) is 9.14. The lowest BCUT2D eigenvalue weighted by Gasteiger charge is -1.56. The molecule has 0 spiro atoms. The van der Waals surface area contributed by atoms with Gasteiger partial charge in [0.25, 0.3) is 5.09 Å². The molecule has 1 radical (unpaired) electrons. The second-order valence-electron chi connectivity index (χ2n) is 0.312. The monoisotopic (exact) mass is 109 g/mol. The maximum atomic E-state index is 8.36. The second-order valence-corrected chi connectivity index (χ2v) is 0.312. The molecule has 0 fully saturated rings. The van der Waals surface area contributed by atoms with Crippen LogP contribution in [0.5, 0.6) is 0 Å². The lowest BCUT2D eigenvalue weighted by atomic mass is 13.1. The van der Waals surface area contributed by atoms with Gasteiger partial charge in [-0.1, -0.05) is 0 Å². The summed E-state index contributed by atoms with van der Waals surface area (Å²) in [5.41, 5.74) is 0. The van der Waals surface area contributed by atoms with Crippen molar-refractivity contribution in [1.29, 1.82) is 0 Å². The minimum absolute atomic E-state index is 1.00. The Morgan fingerprint density at radius 1 is 1.71 bits per heavy atom. The maximum absolute atomic E-state index is 8.36. The van der Waals surface area contributed by atoms with Crippen molar-refractivity contribution in [2.45, 2.75) is 0 Å². The van der Waals surface area contributed by atoms with Gasteiger partial charge in [0.2, 0.25) is 0 Å². The van der Waals surface area contributed by atoms with Crippen molar-refractivity contribution >= 4 is 0 Å². The van der Waals surface area contributed by atoms with E-state index in [0.717, 1.165) is 5.34 Å². The van der Waals surface area contributed by atoms with Gasteiger partial charge in [0.05, 0.1) is 0 Å². The van der Waals surface area contributed by atoms with Gasteiger partial charge in [0.1, 0.15) is 0 Å². The van der Waals surface area contributed by atoms with Gasteiger partial charge < -0.3 is 5.21 Å². The summed E-state index contributed by atoms with van der Waals surface area (Å²) in [4.78, 5) is 16.4. The Hall–Kier alpha value is -1.40. The molecule has 0 bridgehead atoms. The Kier molecular flexibility index (Phi) is 11.5. The van der Waals surface area contributed by atoms with Crippen LogP contribution in [0.25, 0.3) is 0 Å². The third-order valence-electron chi connectivity index (χ3n) is 0. The quantitative estimate of drug-likeness (QED) is 0.324. The van der Waals surface area contributed by atoms with Crippen molar-refractivity contribution in [2.75, 3.05) is 0 Å². The Bertz CT molecular complexity index is 53.1. The standard InChI is InChI=1S/HNO3.NO2/c2-1(3)4;2-1-3/h(H,2,3,4);. The van der Waals surface area contributed by atoms with E-state index in [1.54, 1.807) is 0 Å². The molecule has 0 atom stereocenters. The summed E-state index contributed by atoms with van der Waals surface area (Å²) < 4.78 is 0. The summed E-state index contributed by atoms with van der Waals surface area (Å²) >= 11 is 0. The van der Waals surface area contributed by atoms with E-state index in [4.69, 9.17) is 25.4 Å². The first-order valence-electron chi connectivity index (χ1n) is 0.930. The summed E-state index contributed by atoms with van der Waals surface area (Å²) in [6, 6.07) is 0. The topological polar surface area (TPSA) is 118 Å². The molecule has 7 heteroatoms. The second kappa shape index (κ2) is 8.82.